The molecule has 3 aromatic rings. The quantitative estimate of drug-likeness (QED) is 0.519. The van der Waals surface area contributed by atoms with Crippen molar-refractivity contribution in [3.63, 3.8) is 0 Å². The number of nitrogens with two attached hydrogens (primary N) is 1. The summed E-state index contributed by atoms with van der Waals surface area (Å²) in [7, 11) is -7.07. The number of nitrogens with one attached hydrogen (secondary N) is 1. The minimum atomic E-state index is -3.62. The van der Waals surface area contributed by atoms with E-state index in [9.17, 15) is 16.8 Å². The maximum absolute atomic E-state index is 13.1. The lowest BCUT2D eigenvalue weighted by atomic mass is 9.80. The first-order valence-corrected chi connectivity index (χ1v) is 15.1. The number of piperidine rings is 1. The van der Waals surface area contributed by atoms with Gasteiger partial charge in [-0.2, -0.15) is 0 Å². The van der Waals surface area contributed by atoms with E-state index in [0.29, 0.717) is 19.4 Å². The van der Waals surface area contributed by atoms with Crippen LogP contribution in [-0.2, 0) is 20.0 Å². The molecule has 3 aromatic heterocycles. The molecule has 1 atom stereocenters. The van der Waals surface area contributed by atoms with E-state index in [0.717, 1.165) is 53.3 Å². The van der Waals surface area contributed by atoms with Gasteiger partial charge in [0, 0.05) is 36.0 Å². The lowest BCUT2D eigenvalue weighted by Crippen LogP contribution is -2.44. The number of pyridine rings is 1. The standard InChI is InChI=1S/C22H30N6O4S2/c23-33(29,30)12-16-2-1-9-28(11-16)34(31,32)13-15-3-5-17(6-4-15)21-20-18-7-8-24-22(18)25-10-19(20)26-14-27-21/h7-8,10,14-17H,1-6,9,11-13H2,(H,24,25)(H2,23,29,30). The maximum atomic E-state index is 13.1. The molecular formula is C22H30N6O4S2. The molecule has 10 nitrogen and oxygen atoms in total. The Morgan fingerprint density at radius 3 is 2.56 bits per heavy atom. The van der Waals surface area contributed by atoms with E-state index in [2.05, 4.69) is 19.9 Å². The number of hydrogen-bond donors (Lipinski definition) is 2. The Labute approximate surface area is 199 Å². The fourth-order valence-corrected chi connectivity index (χ4v) is 8.56. The van der Waals surface area contributed by atoms with Crippen molar-refractivity contribution in [2.24, 2.45) is 17.0 Å². The van der Waals surface area contributed by atoms with E-state index in [1.807, 2.05) is 12.3 Å². The molecule has 4 heterocycles. The summed E-state index contributed by atoms with van der Waals surface area (Å²) in [5, 5.41) is 7.22. The van der Waals surface area contributed by atoms with Crippen LogP contribution in [0.3, 0.4) is 0 Å². The number of H-pyrrole nitrogens is 1. The molecule has 0 bridgehead atoms. The molecule has 3 N–H and O–H groups in total. The average molecular weight is 507 g/mol. The van der Waals surface area contributed by atoms with Crippen LogP contribution in [-0.4, -0.2) is 65.7 Å². The highest BCUT2D eigenvalue weighted by molar-refractivity contribution is 7.89. The number of sulfonamides is 2. The lowest BCUT2D eigenvalue weighted by molar-refractivity contribution is 0.276. The average Bonchev–Trinajstić information content (AvgIpc) is 3.27. The second kappa shape index (κ2) is 9.14. The van der Waals surface area contributed by atoms with E-state index >= 15 is 0 Å². The zero-order valence-corrected chi connectivity index (χ0v) is 20.6. The number of aromatic amines is 1. The van der Waals surface area contributed by atoms with E-state index in [-0.39, 0.29) is 35.8 Å². The summed E-state index contributed by atoms with van der Waals surface area (Å²) < 4.78 is 50.6. The van der Waals surface area contributed by atoms with E-state index in [1.54, 1.807) is 12.5 Å². The highest BCUT2D eigenvalue weighted by Gasteiger charge is 2.34. The van der Waals surface area contributed by atoms with Crippen molar-refractivity contribution in [1.82, 2.24) is 24.2 Å². The van der Waals surface area contributed by atoms with Crippen LogP contribution in [0.4, 0.5) is 0 Å². The molecule has 0 aromatic carbocycles. The van der Waals surface area contributed by atoms with Gasteiger partial charge in [-0.15, -0.1) is 0 Å². The predicted molar refractivity (Wildman–Crippen MR) is 130 cm³/mol. The molecule has 2 fully saturated rings. The Balaban J connectivity index is 1.26. The number of aromatic nitrogens is 4. The van der Waals surface area contributed by atoms with Gasteiger partial charge in [0.05, 0.1) is 28.9 Å². The third kappa shape index (κ3) is 4.95. The molecule has 1 saturated heterocycles. The van der Waals surface area contributed by atoms with Crippen LogP contribution in [0, 0.1) is 11.8 Å². The number of primary sulfonamides is 1. The summed E-state index contributed by atoms with van der Waals surface area (Å²) in [6.07, 6.45) is 9.92. The molecule has 1 unspecified atom stereocenters. The third-order valence-electron chi connectivity index (χ3n) is 7.24. The Hall–Kier alpha value is -2.15. The zero-order valence-electron chi connectivity index (χ0n) is 18.9. The van der Waals surface area contributed by atoms with Gasteiger partial charge in [-0.3, -0.25) is 0 Å². The van der Waals surface area contributed by atoms with Gasteiger partial charge < -0.3 is 4.98 Å². The van der Waals surface area contributed by atoms with E-state index < -0.39 is 20.0 Å². The van der Waals surface area contributed by atoms with Crippen molar-refractivity contribution in [2.75, 3.05) is 24.6 Å². The molecule has 0 radical (unpaired) electrons. The highest BCUT2D eigenvalue weighted by atomic mass is 32.2. The largest absolute Gasteiger partial charge is 0.346 e. The summed E-state index contributed by atoms with van der Waals surface area (Å²) in [5.41, 5.74) is 2.65. The molecule has 184 valence electrons. The minimum Gasteiger partial charge on any atom is -0.346 e. The van der Waals surface area contributed by atoms with Crippen LogP contribution in [0.1, 0.15) is 50.1 Å². The number of fused-ring (bicyclic) bond motifs is 3. The van der Waals surface area contributed by atoms with Crippen molar-refractivity contribution < 1.29 is 16.8 Å². The van der Waals surface area contributed by atoms with E-state index in [1.165, 1.54) is 4.31 Å². The highest BCUT2D eigenvalue weighted by Crippen LogP contribution is 2.39. The Morgan fingerprint density at radius 2 is 1.79 bits per heavy atom. The Kier molecular flexibility index (Phi) is 6.34. The molecule has 1 aliphatic heterocycles. The molecule has 2 aliphatic rings. The van der Waals surface area contributed by atoms with Crippen LogP contribution in [0.15, 0.2) is 24.8 Å². The second-order valence-electron chi connectivity index (χ2n) is 9.71. The summed E-state index contributed by atoms with van der Waals surface area (Å²) >= 11 is 0. The topological polar surface area (TPSA) is 152 Å². The fraction of sp³-hybridized carbons (Fsp3) is 0.591. The van der Waals surface area contributed by atoms with Crippen molar-refractivity contribution in [1.29, 1.82) is 0 Å². The van der Waals surface area contributed by atoms with Crippen molar-refractivity contribution in [3.8, 4) is 0 Å². The van der Waals surface area contributed by atoms with Crippen LogP contribution < -0.4 is 5.14 Å². The summed E-state index contributed by atoms with van der Waals surface area (Å²) in [4.78, 5) is 16.6. The van der Waals surface area contributed by atoms with Gasteiger partial charge in [0.15, 0.2) is 0 Å². The number of hydrogen-bond acceptors (Lipinski definition) is 7. The van der Waals surface area contributed by atoms with Crippen molar-refractivity contribution in [3.05, 3.63) is 30.5 Å². The molecule has 5 rings (SSSR count). The van der Waals surface area contributed by atoms with Gasteiger partial charge in [0.2, 0.25) is 20.0 Å². The first-order chi connectivity index (χ1) is 16.2. The molecule has 0 amide bonds. The predicted octanol–water partition coefficient (Wildman–Crippen LogP) is 2.11. The van der Waals surface area contributed by atoms with Gasteiger partial charge in [-0.05, 0) is 56.4 Å². The third-order valence-corrected chi connectivity index (χ3v) is 10.2. The maximum Gasteiger partial charge on any atom is 0.214 e. The monoisotopic (exact) mass is 506 g/mol. The van der Waals surface area contributed by atoms with Crippen molar-refractivity contribution >= 4 is 42.0 Å². The van der Waals surface area contributed by atoms with Crippen LogP contribution in [0.5, 0.6) is 0 Å². The molecular weight excluding hydrogens is 476 g/mol. The van der Waals surface area contributed by atoms with E-state index in [4.69, 9.17) is 5.14 Å². The number of nitrogens with zero attached hydrogens (tertiary/aromatic N) is 4. The zero-order chi connectivity index (χ0) is 23.9. The summed E-state index contributed by atoms with van der Waals surface area (Å²) in [6.45, 7) is 0.689. The molecule has 1 aliphatic carbocycles. The van der Waals surface area contributed by atoms with Gasteiger partial charge in [0.25, 0.3) is 0 Å². The van der Waals surface area contributed by atoms with Gasteiger partial charge in [-0.25, -0.2) is 41.2 Å². The van der Waals surface area contributed by atoms with Crippen LogP contribution in [0.25, 0.3) is 21.9 Å². The van der Waals surface area contributed by atoms with Gasteiger partial charge in [0.1, 0.15) is 12.0 Å². The molecule has 0 spiro atoms. The molecule has 12 heteroatoms. The van der Waals surface area contributed by atoms with Crippen molar-refractivity contribution in [2.45, 2.75) is 44.4 Å². The Morgan fingerprint density at radius 1 is 1.00 bits per heavy atom. The SMILES string of the molecule is NS(=O)(=O)CC1CCCN(S(=O)(=O)CC2CCC(c3ncnc4cnc5[nH]ccc5c34)CC2)C1. The molecule has 1 saturated carbocycles. The fourth-order valence-electron chi connectivity index (χ4n) is 5.64. The van der Waals surface area contributed by atoms with Gasteiger partial charge >= 0.3 is 0 Å². The summed E-state index contributed by atoms with van der Waals surface area (Å²) in [6, 6.07) is 2.00. The van der Waals surface area contributed by atoms with Crippen LogP contribution in [0.2, 0.25) is 0 Å². The Bertz CT molecular complexity index is 1400. The molecule has 34 heavy (non-hydrogen) atoms. The summed E-state index contributed by atoms with van der Waals surface area (Å²) in [5.74, 6) is 0.0419. The van der Waals surface area contributed by atoms with Gasteiger partial charge in [-0.1, -0.05) is 0 Å². The lowest BCUT2D eigenvalue weighted by Gasteiger charge is -2.34. The van der Waals surface area contributed by atoms with Crippen LogP contribution >= 0.6 is 0 Å². The number of rotatable bonds is 6. The first kappa shape index (κ1) is 23.6. The second-order valence-corrected chi connectivity index (χ2v) is 13.4. The minimum absolute atomic E-state index is 0.0851. The first-order valence-electron chi connectivity index (χ1n) is 11.7. The normalized spacial score (nSPS) is 25.1. The smallest absolute Gasteiger partial charge is 0.214 e.